The first-order chi connectivity index (χ1) is 50.9. The van der Waals surface area contributed by atoms with Crippen LogP contribution in [0.5, 0.6) is 0 Å². The third-order valence-electron chi connectivity index (χ3n) is 22.2. The zero-order chi connectivity index (χ0) is 69.4. The lowest BCUT2D eigenvalue weighted by Crippen LogP contribution is -2.12. The van der Waals surface area contributed by atoms with Crippen LogP contribution in [-0.2, 0) is 10.8 Å². The number of hydrogen-bond donors (Lipinski definition) is 0. The summed E-state index contributed by atoms with van der Waals surface area (Å²) in [6, 6.07) is 116. The number of para-hydroxylation sites is 8. The first-order valence-corrected chi connectivity index (χ1v) is 36.2. The highest BCUT2D eigenvalue weighted by molar-refractivity contribution is 6.33. The minimum Gasteiger partial charge on any atom is -0.453 e. The molecule has 6 heterocycles. The van der Waals surface area contributed by atoms with Gasteiger partial charge in [0.1, 0.15) is 11.2 Å². The van der Waals surface area contributed by atoms with Crippen molar-refractivity contribution in [3.63, 3.8) is 0 Å². The van der Waals surface area contributed by atoms with Gasteiger partial charge in [0.15, 0.2) is 11.2 Å². The number of anilines is 6. The van der Waals surface area contributed by atoms with Gasteiger partial charge in [-0.25, -0.2) is 0 Å². The lowest BCUT2D eigenvalue weighted by Gasteiger charge is -2.29. The molecule has 0 atom stereocenters. The fourth-order valence-electron chi connectivity index (χ4n) is 17.7. The molecule has 0 aliphatic rings. The highest BCUT2D eigenvalue weighted by Crippen LogP contribution is 2.57. The molecule has 104 heavy (non-hydrogen) atoms. The number of hydrogen-bond acceptors (Lipinski definition) is 4. The van der Waals surface area contributed by atoms with Crippen LogP contribution in [0.2, 0.25) is 0 Å². The minimum absolute atomic E-state index is 0.229. The van der Waals surface area contributed by atoms with Crippen LogP contribution in [0, 0.1) is 0 Å². The molecular weight excluding hydrogens is 1270 g/mol. The molecule has 494 valence electrons. The molecule has 0 N–H and O–H groups in total. The molecule has 6 heteroatoms. The molecule has 0 unspecified atom stereocenters. The van der Waals surface area contributed by atoms with Crippen molar-refractivity contribution in [2.24, 2.45) is 0 Å². The Morgan fingerprint density at radius 1 is 0.231 bits per heavy atom. The van der Waals surface area contributed by atoms with E-state index in [2.05, 4.69) is 376 Å². The third kappa shape index (κ3) is 8.63. The van der Waals surface area contributed by atoms with E-state index in [1.807, 2.05) is 0 Å². The van der Waals surface area contributed by atoms with Crippen molar-refractivity contribution < 1.29 is 8.83 Å². The van der Waals surface area contributed by atoms with Gasteiger partial charge in [-0.2, -0.15) is 0 Å². The molecular formula is C98H70N4O2. The summed E-state index contributed by atoms with van der Waals surface area (Å²) in [5, 5.41) is 13.8. The predicted octanol–water partition coefficient (Wildman–Crippen LogP) is 28.0. The average Bonchev–Trinajstić information content (AvgIpc) is 1.51. The van der Waals surface area contributed by atoms with E-state index in [1.54, 1.807) is 0 Å². The van der Waals surface area contributed by atoms with Gasteiger partial charge in [0.25, 0.3) is 0 Å². The van der Waals surface area contributed by atoms with E-state index in [4.69, 9.17) is 8.83 Å². The zero-order valence-electron chi connectivity index (χ0n) is 58.6. The van der Waals surface area contributed by atoms with Crippen molar-refractivity contribution in [2.75, 3.05) is 9.80 Å². The van der Waals surface area contributed by atoms with Gasteiger partial charge in [-0.05, 0) is 92.7 Å². The Balaban J connectivity index is 0.868. The highest BCUT2D eigenvalue weighted by Gasteiger charge is 2.34. The number of aromatic nitrogens is 2. The van der Waals surface area contributed by atoms with Crippen LogP contribution >= 0.6 is 0 Å². The summed E-state index contributed by atoms with van der Waals surface area (Å²) in [5.41, 5.74) is 27.7. The third-order valence-corrected chi connectivity index (χ3v) is 22.2. The topological polar surface area (TPSA) is 41.6 Å². The van der Waals surface area contributed by atoms with E-state index in [-0.39, 0.29) is 10.8 Å². The first-order valence-electron chi connectivity index (χ1n) is 36.2. The maximum absolute atomic E-state index is 7.42. The SMILES string of the molecule is CC(C)(C)c1cccc2c3c(N(c4ccccc4-c4ccccc4)c4cccc5c4oc4c(-c6ccccc6)cccc45)ccc4c5cc6c(cc5n(c12)c43)c1ccc(N(c2ccccc2-c2ccccc2)c2cccc3c2oc2c(-c4ccccc4)cccc23)c2c3cccc(C(C)(C)C)c3n6c12. The molecule has 0 saturated carbocycles. The van der Waals surface area contributed by atoms with Crippen LogP contribution in [0.15, 0.2) is 324 Å². The molecule has 0 fully saturated rings. The molecule has 6 aromatic heterocycles. The van der Waals surface area contributed by atoms with Gasteiger partial charge < -0.3 is 27.4 Å². The molecule has 15 aromatic carbocycles. The van der Waals surface area contributed by atoms with Crippen molar-refractivity contribution in [3.05, 3.63) is 327 Å². The second-order valence-electron chi connectivity index (χ2n) is 30.2. The molecule has 0 saturated heterocycles. The highest BCUT2D eigenvalue weighted by atomic mass is 16.3. The molecule has 0 bridgehead atoms. The van der Waals surface area contributed by atoms with E-state index >= 15 is 0 Å². The van der Waals surface area contributed by atoms with Gasteiger partial charge in [-0.1, -0.05) is 308 Å². The minimum atomic E-state index is -0.229. The van der Waals surface area contributed by atoms with E-state index in [1.165, 1.54) is 87.3 Å². The summed E-state index contributed by atoms with van der Waals surface area (Å²) in [7, 11) is 0. The van der Waals surface area contributed by atoms with Gasteiger partial charge in [0, 0.05) is 86.9 Å². The van der Waals surface area contributed by atoms with Gasteiger partial charge >= 0.3 is 0 Å². The van der Waals surface area contributed by atoms with E-state index in [0.29, 0.717) is 0 Å². The lowest BCUT2D eigenvalue weighted by atomic mass is 9.85. The maximum Gasteiger partial charge on any atom is 0.159 e. The molecule has 21 aromatic rings. The molecule has 0 aliphatic heterocycles. The van der Waals surface area contributed by atoms with Gasteiger partial charge in [-0.15, -0.1) is 0 Å². The predicted molar refractivity (Wildman–Crippen MR) is 439 cm³/mol. The molecule has 0 amide bonds. The number of fused-ring (bicyclic) bond motifs is 18. The van der Waals surface area contributed by atoms with Gasteiger partial charge in [-0.3, -0.25) is 0 Å². The number of rotatable bonds is 10. The summed E-state index contributed by atoms with van der Waals surface area (Å²) in [6.45, 7) is 14.2. The summed E-state index contributed by atoms with van der Waals surface area (Å²) in [6.07, 6.45) is 0. The Morgan fingerprint density at radius 2 is 0.538 bits per heavy atom. The van der Waals surface area contributed by atoms with Crippen LogP contribution in [0.3, 0.4) is 0 Å². The Bertz CT molecular complexity index is 6620. The van der Waals surface area contributed by atoms with Crippen molar-refractivity contribution in [1.29, 1.82) is 0 Å². The quantitative estimate of drug-likeness (QED) is 0.137. The van der Waals surface area contributed by atoms with Gasteiger partial charge in [0.05, 0.1) is 67.2 Å². The fraction of sp³-hybridized carbons (Fsp3) is 0.0816. The second-order valence-corrected chi connectivity index (χ2v) is 30.2. The number of furan rings is 2. The van der Waals surface area contributed by atoms with Crippen LogP contribution in [0.4, 0.5) is 34.1 Å². The first kappa shape index (κ1) is 59.9. The summed E-state index contributed by atoms with van der Waals surface area (Å²) in [5.74, 6) is 0. The van der Waals surface area contributed by atoms with Crippen molar-refractivity contribution in [2.45, 2.75) is 52.4 Å². The van der Waals surface area contributed by atoms with Crippen molar-refractivity contribution >= 4 is 154 Å². The second kappa shape index (κ2) is 22.3. The summed E-state index contributed by atoms with van der Waals surface area (Å²) >= 11 is 0. The normalized spacial score (nSPS) is 12.5. The monoisotopic (exact) mass is 1330 g/mol. The van der Waals surface area contributed by atoms with E-state index in [9.17, 15) is 0 Å². The summed E-state index contributed by atoms with van der Waals surface area (Å²) < 4.78 is 20.1. The number of benzene rings is 15. The number of nitrogens with zero attached hydrogens (tertiary/aromatic N) is 4. The zero-order valence-corrected chi connectivity index (χ0v) is 58.6. The summed E-state index contributed by atoms with van der Waals surface area (Å²) in [4.78, 5) is 5.02. The fourth-order valence-corrected chi connectivity index (χ4v) is 17.7. The van der Waals surface area contributed by atoms with Crippen molar-refractivity contribution in [1.82, 2.24) is 8.80 Å². The molecule has 0 aliphatic carbocycles. The lowest BCUT2D eigenvalue weighted by molar-refractivity contribution is 0.594. The Labute approximate surface area is 601 Å². The Hall–Kier alpha value is -12.9. The van der Waals surface area contributed by atoms with Crippen LogP contribution < -0.4 is 9.80 Å². The van der Waals surface area contributed by atoms with Crippen molar-refractivity contribution in [3.8, 4) is 44.5 Å². The van der Waals surface area contributed by atoms with E-state index < -0.39 is 0 Å². The standard InChI is InChI=1S/C98H70N4O2/c1-97(2,3)77-47-25-45-73-87-81(99(79-49-21-19-37-63(79)59-29-11-7-12-30-59)83-51-27-43-71-69-41-23-39-65(93(69)103-95(71)83)61-33-15-9-16-34-61)55-53-67-75-58-86-76(57-85(75)101(89(73)77)91(67)87)68-54-56-82(88-74-46-26-48-78(98(4,5)6)90(74)102(86)92(68)88)100(80-50-22-20-38-64(80)60-31-13-8-14-32-60)84-52-28-44-72-70-42-24-40-66(94(70)104-96(72)84)62-35-17-10-18-36-62/h7-58H,1-6H3. The van der Waals surface area contributed by atoms with Crippen LogP contribution in [0.1, 0.15) is 52.7 Å². The van der Waals surface area contributed by atoms with Crippen LogP contribution in [-0.4, -0.2) is 8.80 Å². The maximum atomic E-state index is 7.42. The molecule has 21 rings (SSSR count). The molecule has 0 radical (unpaired) electrons. The van der Waals surface area contributed by atoms with Gasteiger partial charge in [0.2, 0.25) is 0 Å². The average molecular weight is 1340 g/mol. The molecule has 0 spiro atoms. The van der Waals surface area contributed by atoms with Crippen LogP contribution in [0.25, 0.3) is 165 Å². The smallest absolute Gasteiger partial charge is 0.159 e. The largest absolute Gasteiger partial charge is 0.453 e. The van der Waals surface area contributed by atoms with E-state index in [0.717, 1.165) is 123 Å². The Kier molecular flexibility index (Phi) is 12.8. The Morgan fingerprint density at radius 3 is 0.923 bits per heavy atom. The molecule has 6 nitrogen and oxygen atoms in total.